The molecule has 1 amide bonds. The fourth-order valence-corrected chi connectivity index (χ4v) is 5.35. The zero-order valence-electron chi connectivity index (χ0n) is 19.0. The van der Waals surface area contributed by atoms with Gasteiger partial charge in [0.2, 0.25) is 21.7 Å². The third-order valence-corrected chi connectivity index (χ3v) is 7.78. The minimum absolute atomic E-state index is 0.111. The van der Waals surface area contributed by atoms with Gasteiger partial charge in [0.25, 0.3) is 0 Å². The number of morpholine rings is 1. The van der Waals surface area contributed by atoms with E-state index in [0.29, 0.717) is 44.2 Å². The van der Waals surface area contributed by atoms with Crippen LogP contribution >= 0.6 is 0 Å². The number of hydrogen-bond acceptors (Lipinski definition) is 6. The summed E-state index contributed by atoms with van der Waals surface area (Å²) in [5.41, 5.74) is 3.34. The van der Waals surface area contributed by atoms with Crippen molar-refractivity contribution in [3.8, 4) is 11.3 Å². The minimum atomic E-state index is -3.52. The number of hydrogen-bond donors (Lipinski definition) is 1. The molecule has 180 valence electrons. The molecular weight excluding hydrogens is 466 g/mol. The number of rotatable bonds is 7. The molecule has 10 heteroatoms. The second-order valence-electron chi connectivity index (χ2n) is 8.24. The molecule has 0 aliphatic carbocycles. The van der Waals surface area contributed by atoms with Crippen LogP contribution in [0.5, 0.6) is 0 Å². The van der Waals surface area contributed by atoms with Crippen molar-refractivity contribution < 1.29 is 17.9 Å². The normalized spacial score (nSPS) is 14.7. The van der Waals surface area contributed by atoms with E-state index in [9.17, 15) is 13.2 Å². The van der Waals surface area contributed by atoms with Crippen LogP contribution in [-0.2, 0) is 26.0 Å². The number of nitrogens with zero attached hydrogens (tertiary/aromatic N) is 4. The quantitative estimate of drug-likeness (QED) is 0.426. The lowest BCUT2D eigenvalue weighted by molar-refractivity contribution is -0.116. The Balaban J connectivity index is 1.15. The first-order chi connectivity index (χ1) is 17.0. The molecule has 9 nitrogen and oxygen atoms in total. The first kappa shape index (κ1) is 23.2. The van der Waals surface area contributed by atoms with Crippen LogP contribution in [0.1, 0.15) is 12.0 Å². The largest absolute Gasteiger partial charge is 0.379 e. The summed E-state index contributed by atoms with van der Waals surface area (Å²) in [7, 11) is -3.52. The Morgan fingerprint density at radius 3 is 2.49 bits per heavy atom. The van der Waals surface area contributed by atoms with Crippen molar-refractivity contribution in [3.63, 3.8) is 0 Å². The molecule has 35 heavy (non-hydrogen) atoms. The summed E-state index contributed by atoms with van der Waals surface area (Å²) in [5, 5.41) is 2.90. The molecule has 0 spiro atoms. The fourth-order valence-electron chi connectivity index (χ4n) is 3.94. The molecule has 0 bridgehead atoms. The molecule has 5 rings (SSSR count). The molecule has 0 atom stereocenters. The molecular formula is C25H25N5O4S. The minimum Gasteiger partial charge on any atom is -0.379 e. The lowest BCUT2D eigenvalue weighted by Gasteiger charge is -2.26. The predicted molar refractivity (Wildman–Crippen MR) is 131 cm³/mol. The van der Waals surface area contributed by atoms with Gasteiger partial charge in [-0.2, -0.15) is 4.31 Å². The highest BCUT2D eigenvalue weighted by molar-refractivity contribution is 7.89. The smallest absolute Gasteiger partial charge is 0.243 e. The molecule has 4 aromatic rings. The summed E-state index contributed by atoms with van der Waals surface area (Å²) in [5.74, 6) is 0.520. The van der Waals surface area contributed by atoms with Gasteiger partial charge in [0, 0.05) is 49.4 Å². The molecule has 1 fully saturated rings. The number of imidazole rings is 1. The summed E-state index contributed by atoms with van der Waals surface area (Å²) in [6.45, 7) is 1.54. The van der Waals surface area contributed by atoms with Crippen LogP contribution in [0.15, 0.2) is 78.1 Å². The van der Waals surface area contributed by atoms with Gasteiger partial charge in [-0.1, -0.05) is 24.3 Å². The maximum absolute atomic E-state index is 12.7. The van der Waals surface area contributed by atoms with Crippen LogP contribution < -0.4 is 5.32 Å². The van der Waals surface area contributed by atoms with E-state index in [-0.39, 0.29) is 17.2 Å². The van der Waals surface area contributed by atoms with Crippen LogP contribution in [-0.4, -0.2) is 59.3 Å². The van der Waals surface area contributed by atoms with Crippen molar-refractivity contribution in [1.82, 2.24) is 18.7 Å². The number of anilines is 1. The van der Waals surface area contributed by atoms with Gasteiger partial charge in [-0.05, 0) is 42.3 Å². The Hall–Kier alpha value is -3.60. The van der Waals surface area contributed by atoms with Gasteiger partial charge in [0.05, 0.1) is 23.8 Å². The number of carbonyl (C=O) groups excluding carboxylic acids is 1. The van der Waals surface area contributed by atoms with Crippen molar-refractivity contribution in [2.24, 2.45) is 0 Å². The summed E-state index contributed by atoms with van der Waals surface area (Å²) in [6.07, 6.45) is 6.30. The number of fused-ring (bicyclic) bond motifs is 1. The van der Waals surface area contributed by atoms with Crippen LogP contribution in [0.4, 0.5) is 5.69 Å². The summed E-state index contributed by atoms with van der Waals surface area (Å²) >= 11 is 0. The molecule has 1 saturated heterocycles. The van der Waals surface area contributed by atoms with E-state index in [4.69, 9.17) is 4.74 Å². The van der Waals surface area contributed by atoms with Gasteiger partial charge in [-0.15, -0.1) is 0 Å². The fraction of sp³-hybridized carbons (Fsp3) is 0.240. The summed E-state index contributed by atoms with van der Waals surface area (Å²) in [4.78, 5) is 21.4. The average molecular weight is 492 g/mol. The predicted octanol–water partition coefficient (Wildman–Crippen LogP) is 2.99. The third-order valence-electron chi connectivity index (χ3n) is 5.87. The molecule has 1 N–H and O–H groups in total. The van der Waals surface area contributed by atoms with E-state index in [0.717, 1.165) is 16.8 Å². The van der Waals surface area contributed by atoms with Crippen molar-refractivity contribution in [3.05, 3.63) is 78.8 Å². The monoisotopic (exact) mass is 491 g/mol. The number of ether oxygens (including phenoxy) is 1. The van der Waals surface area contributed by atoms with E-state index >= 15 is 0 Å². The molecule has 2 aromatic heterocycles. The van der Waals surface area contributed by atoms with E-state index in [1.54, 1.807) is 30.5 Å². The molecule has 3 heterocycles. The van der Waals surface area contributed by atoms with E-state index in [1.165, 1.54) is 4.31 Å². The molecule has 0 unspecified atom stereocenters. The Morgan fingerprint density at radius 1 is 1.03 bits per heavy atom. The lowest BCUT2D eigenvalue weighted by Crippen LogP contribution is -2.40. The number of amides is 1. The van der Waals surface area contributed by atoms with Crippen LogP contribution in [0.3, 0.4) is 0 Å². The number of benzene rings is 2. The maximum Gasteiger partial charge on any atom is 0.243 e. The van der Waals surface area contributed by atoms with Gasteiger partial charge >= 0.3 is 0 Å². The molecule has 1 aliphatic rings. The Labute approximate surface area is 203 Å². The first-order valence-corrected chi connectivity index (χ1v) is 12.8. The highest BCUT2D eigenvalue weighted by Gasteiger charge is 2.26. The van der Waals surface area contributed by atoms with Crippen molar-refractivity contribution in [1.29, 1.82) is 0 Å². The number of sulfonamides is 1. The molecule has 0 saturated carbocycles. The summed E-state index contributed by atoms with van der Waals surface area (Å²) < 4.78 is 34.0. The van der Waals surface area contributed by atoms with Gasteiger partial charge < -0.3 is 10.1 Å². The van der Waals surface area contributed by atoms with Crippen molar-refractivity contribution in [2.75, 3.05) is 31.6 Å². The van der Waals surface area contributed by atoms with Crippen LogP contribution in [0, 0.1) is 0 Å². The molecule has 0 radical (unpaired) electrons. The SMILES string of the molecule is O=C(CCc1ccc(S(=O)(=O)N2CCOCC2)cc1)Nc1ccc(-c2cn3cccnc3n2)cc1. The van der Waals surface area contributed by atoms with Crippen molar-refractivity contribution >= 4 is 27.4 Å². The van der Waals surface area contributed by atoms with Gasteiger partial charge in [0.1, 0.15) is 0 Å². The number of aryl methyl sites for hydroxylation is 1. The third kappa shape index (κ3) is 5.24. The van der Waals surface area contributed by atoms with Crippen LogP contribution in [0.2, 0.25) is 0 Å². The second kappa shape index (κ2) is 9.95. The molecule has 2 aromatic carbocycles. The summed E-state index contributed by atoms with van der Waals surface area (Å²) in [6, 6.07) is 16.1. The Morgan fingerprint density at radius 2 is 1.77 bits per heavy atom. The van der Waals surface area contributed by atoms with Crippen LogP contribution in [0.25, 0.3) is 17.0 Å². The zero-order valence-corrected chi connectivity index (χ0v) is 19.8. The Kier molecular flexibility index (Phi) is 6.58. The van der Waals surface area contributed by atoms with Gasteiger partial charge in [0.15, 0.2) is 0 Å². The second-order valence-corrected chi connectivity index (χ2v) is 10.2. The maximum atomic E-state index is 12.7. The lowest BCUT2D eigenvalue weighted by atomic mass is 10.1. The number of aromatic nitrogens is 3. The van der Waals surface area contributed by atoms with Gasteiger partial charge in [-0.25, -0.2) is 18.4 Å². The first-order valence-electron chi connectivity index (χ1n) is 11.4. The highest BCUT2D eigenvalue weighted by atomic mass is 32.2. The van der Waals surface area contributed by atoms with E-state index in [1.807, 2.05) is 47.1 Å². The van der Waals surface area contributed by atoms with E-state index < -0.39 is 10.0 Å². The van der Waals surface area contributed by atoms with Gasteiger partial charge in [-0.3, -0.25) is 9.20 Å². The number of nitrogens with one attached hydrogen (secondary N) is 1. The standard InChI is InChI=1S/C25H25N5O4S/c31-24(11-4-19-2-9-22(10-3-19)35(32,33)30-14-16-34-17-15-30)27-21-7-5-20(6-8-21)23-18-29-13-1-12-26-25(29)28-23/h1-3,5-10,12-13,18H,4,11,14-17H2,(H,27,31). The van der Waals surface area contributed by atoms with Crippen molar-refractivity contribution in [2.45, 2.75) is 17.7 Å². The Bertz CT molecular complexity index is 1390. The topological polar surface area (TPSA) is 106 Å². The van der Waals surface area contributed by atoms with E-state index in [2.05, 4.69) is 15.3 Å². The highest BCUT2D eigenvalue weighted by Crippen LogP contribution is 2.21. The average Bonchev–Trinajstić information content (AvgIpc) is 3.33. The molecule has 1 aliphatic heterocycles. The number of carbonyl (C=O) groups is 1. The zero-order chi connectivity index (χ0) is 24.3.